The van der Waals surface area contributed by atoms with E-state index in [0.29, 0.717) is 5.92 Å². The molecule has 0 radical (unpaired) electrons. The Morgan fingerprint density at radius 3 is 2.35 bits per heavy atom. The first kappa shape index (κ1) is 14.4. The molecule has 0 amide bonds. The molecule has 0 spiro atoms. The molecule has 0 saturated carbocycles. The van der Waals surface area contributed by atoms with Crippen LogP contribution < -0.4 is 5.32 Å². The number of halogens is 2. The smallest absolute Gasteiger partial charge is 0.125 e. The van der Waals surface area contributed by atoms with E-state index in [4.69, 9.17) is 0 Å². The molecule has 2 heterocycles. The van der Waals surface area contributed by atoms with Crippen molar-refractivity contribution in [3.63, 3.8) is 0 Å². The van der Waals surface area contributed by atoms with Crippen LogP contribution in [-0.2, 0) is 0 Å². The highest BCUT2D eigenvalue weighted by Crippen LogP contribution is 2.34. The molecule has 1 saturated heterocycles. The second-order valence-corrected chi connectivity index (χ2v) is 6.12. The fourth-order valence-electron chi connectivity index (χ4n) is 3.50. The summed E-state index contributed by atoms with van der Waals surface area (Å²) in [4.78, 5) is 0. The molecule has 4 rings (SSSR count). The number of nitrogens with one attached hydrogen (secondary N) is 1. The lowest BCUT2D eigenvalue weighted by Gasteiger charge is -2.22. The standard InChI is InChI=1S/C19H18F2N2/c20-14-1-4-16(5-2-14)23-12-18(13-7-9-22-10-8-13)17-6-3-15(21)11-19(17)23/h1-6,11-13,22H,7-10H2. The fraction of sp³-hybridized carbons (Fsp3) is 0.263. The molecule has 0 unspecified atom stereocenters. The summed E-state index contributed by atoms with van der Waals surface area (Å²) in [6, 6.07) is 11.3. The summed E-state index contributed by atoms with van der Waals surface area (Å²) >= 11 is 0. The van der Waals surface area contributed by atoms with E-state index < -0.39 is 0 Å². The van der Waals surface area contributed by atoms with Crippen molar-refractivity contribution in [3.8, 4) is 5.69 Å². The summed E-state index contributed by atoms with van der Waals surface area (Å²) < 4.78 is 28.9. The van der Waals surface area contributed by atoms with Gasteiger partial charge in [0.05, 0.1) is 5.52 Å². The quantitative estimate of drug-likeness (QED) is 0.743. The van der Waals surface area contributed by atoms with E-state index in [9.17, 15) is 8.78 Å². The van der Waals surface area contributed by atoms with Crippen molar-refractivity contribution in [1.29, 1.82) is 0 Å². The highest BCUT2D eigenvalue weighted by atomic mass is 19.1. The largest absolute Gasteiger partial charge is 0.317 e. The average molecular weight is 312 g/mol. The third-order valence-corrected chi connectivity index (χ3v) is 4.68. The number of benzene rings is 2. The van der Waals surface area contributed by atoms with E-state index in [2.05, 4.69) is 11.5 Å². The molecule has 1 fully saturated rings. The predicted octanol–water partition coefficient (Wildman–Crippen LogP) is 4.38. The molecule has 0 aliphatic carbocycles. The molecule has 23 heavy (non-hydrogen) atoms. The van der Waals surface area contributed by atoms with Crippen LogP contribution in [0.4, 0.5) is 8.78 Å². The van der Waals surface area contributed by atoms with Crippen molar-refractivity contribution >= 4 is 10.9 Å². The molecule has 118 valence electrons. The molecule has 2 nitrogen and oxygen atoms in total. The van der Waals surface area contributed by atoms with Gasteiger partial charge in [-0.25, -0.2) is 8.78 Å². The summed E-state index contributed by atoms with van der Waals surface area (Å²) in [5.41, 5.74) is 2.94. The first-order valence-electron chi connectivity index (χ1n) is 7.99. The van der Waals surface area contributed by atoms with Gasteiger partial charge in [0, 0.05) is 17.3 Å². The van der Waals surface area contributed by atoms with Crippen LogP contribution in [0.1, 0.15) is 24.3 Å². The van der Waals surface area contributed by atoms with E-state index in [1.807, 2.05) is 10.6 Å². The minimum atomic E-state index is -0.269. The van der Waals surface area contributed by atoms with Gasteiger partial charge in [0.2, 0.25) is 0 Å². The van der Waals surface area contributed by atoms with Crippen molar-refractivity contribution in [1.82, 2.24) is 9.88 Å². The third kappa shape index (κ3) is 2.63. The first-order chi connectivity index (χ1) is 11.2. The maximum atomic E-state index is 13.8. The first-order valence-corrected chi connectivity index (χ1v) is 7.99. The van der Waals surface area contributed by atoms with E-state index in [1.165, 1.54) is 23.8 Å². The van der Waals surface area contributed by atoms with Gasteiger partial charge >= 0.3 is 0 Å². The van der Waals surface area contributed by atoms with Crippen LogP contribution >= 0.6 is 0 Å². The van der Waals surface area contributed by atoms with Crippen molar-refractivity contribution in [2.24, 2.45) is 0 Å². The molecule has 1 aliphatic rings. The third-order valence-electron chi connectivity index (χ3n) is 4.68. The fourth-order valence-corrected chi connectivity index (χ4v) is 3.50. The Morgan fingerprint density at radius 2 is 1.61 bits per heavy atom. The molecule has 1 N–H and O–H groups in total. The topological polar surface area (TPSA) is 17.0 Å². The Hall–Kier alpha value is -2.20. The summed E-state index contributed by atoms with van der Waals surface area (Å²) in [7, 11) is 0. The van der Waals surface area contributed by atoms with Crippen LogP contribution in [0.15, 0.2) is 48.7 Å². The Bertz CT molecular complexity index is 830. The lowest BCUT2D eigenvalue weighted by atomic mass is 9.90. The second kappa shape index (κ2) is 5.78. The SMILES string of the molecule is Fc1ccc(-n2cc(C3CCNCC3)c3ccc(F)cc32)cc1. The Morgan fingerprint density at radius 1 is 0.913 bits per heavy atom. The van der Waals surface area contributed by atoms with E-state index in [1.54, 1.807) is 18.2 Å². The molecular weight excluding hydrogens is 294 g/mol. The zero-order valence-electron chi connectivity index (χ0n) is 12.7. The highest BCUT2D eigenvalue weighted by Gasteiger charge is 2.20. The molecule has 1 aromatic heterocycles. The summed E-state index contributed by atoms with van der Waals surface area (Å²) in [6.07, 6.45) is 4.26. The molecule has 4 heteroatoms. The van der Waals surface area contributed by atoms with Gasteiger partial charge in [0.15, 0.2) is 0 Å². The number of rotatable bonds is 2. The summed E-state index contributed by atoms with van der Waals surface area (Å²) in [5, 5.41) is 4.46. The second-order valence-electron chi connectivity index (χ2n) is 6.12. The number of hydrogen-bond donors (Lipinski definition) is 1. The molecular formula is C19H18F2N2. The summed E-state index contributed by atoms with van der Waals surface area (Å²) in [5.74, 6) is -0.0447. The van der Waals surface area contributed by atoms with Gasteiger partial charge in [-0.05, 0) is 79.9 Å². The Kier molecular flexibility index (Phi) is 3.62. The number of fused-ring (bicyclic) bond motifs is 1. The number of piperidine rings is 1. The zero-order chi connectivity index (χ0) is 15.8. The van der Waals surface area contributed by atoms with Gasteiger partial charge < -0.3 is 9.88 Å². The van der Waals surface area contributed by atoms with E-state index in [-0.39, 0.29) is 11.6 Å². The lowest BCUT2D eigenvalue weighted by Crippen LogP contribution is -2.26. The van der Waals surface area contributed by atoms with Crippen molar-refractivity contribution < 1.29 is 8.78 Å². The van der Waals surface area contributed by atoms with Gasteiger partial charge in [-0.1, -0.05) is 0 Å². The lowest BCUT2D eigenvalue weighted by molar-refractivity contribution is 0.462. The van der Waals surface area contributed by atoms with Crippen molar-refractivity contribution in [3.05, 3.63) is 65.9 Å². The zero-order valence-corrected chi connectivity index (χ0v) is 12.7. The molecule has 0 bridgehead atoms. The summed E-state index contributed by atoms with van der Waals surface area (Å²) in [6.45, 7) is 2.02. The minimum Gasteiger partial charge on any atom is -0.317 e. The van der Waals surface area contributed by atoms with Crippen LogP contribution in [0.5, 0.6) is 0 Å². The van der Waals surface area contributed by atoms with E-state index >= 15 is 0 Å². The van der Waals surface area contributed by atoms with Crippen LogP contribution in [0.2, 0.25) is 0 Å². The van der Waals surface area contributed by atoms with Gasteiger partial charge in [-0.3, -0.25) is 0 Å². The maximum Gasteiger partial charge on any atom is 0.125 e. The Balaban J connectivity index is 1.89. The van der Waals surface area contributed by atoms with Gasteiger partial charge in [-0.2, -0.15) is 0 Å². The molecule has 0 atom stereocenters. The van der Waals surface area contributed by atoms with Crippen molar-refractivity contribution in [2.75, 3.05) is 13.1 Å². The van der Waals surface area contributed by atoms with Crippen LogP contribution in [0, 0.1) is 11.6 Å². The van der Waals surface area contributed by atoms with Gasteiger partial charge in [0.1, 0.15) is 11.6 Å². The minimum absolute atomic E-state index is 0.254. The van der Waals surface area contributed by atoms with Crippen molar-refractivity contribution in [2.45, 2.75) is 18.8 Å². The predicted molar refractivity (Wildman–Crippen MR) is 88.0 cm³/mol. The van der Waals surface area contributed by atoms with Crippen LogP contribution in [0.3, 0.4) is 0 Å². The maximum absolute atomic E-state index is 13.8. The number of hydrogen-bond acceptors (Lipinski definition) is 1. The molecule has 2 aromatic carbocycles. The highest BCUT2D eigenvalue weighted by molar-refractivity contribution is 5.86. The van der Waals surface area contributed by atoms with Crippen LogP contribution in [-0.4, -0.2) is 17.7 Å². The number of nitrogens with zero attached hydrogens (tertiary/aromatic N) is 1. The number of aromatic nitrogens is 1. The molecule has 1 aliphatic heterocycles. The van der Waals surface area contributed by atoms with E-state index in [0.717, 1.165) is 42.5 Å². The Labute approximate surface area is 133 Å². The van der Waals surface area contributed by atoms with Gasteiger partial charge in [0.25, 0.3) is 0 Å². The molecule has 3 aromatic rings. The normalized spacial score (nSPS) is 16.1. The van der Waals surface area contributed by atoms with Gasteiger partial charge in [-0.15, -0.1) is 0 Å². The monoisotopic (exact) mass is 312 g/mol. The van der Waals surface area contributed by atoms with Crippen LogP contribution in [0.25, 0.3) is 16.6 Å². The average Bonchev–Trinajstić information content (AvgIpc) is 2.95.